The van der Waals surface area contributed by atoms with Crippen molar-refractivity contribution in [3.05, 3.63) is 47.0 Å². The zero-order chi connectivity index (χ0) is 12.1. The van der Waals surface area contributed by atoms with Gasteiger partial charge in [-0.2, -0.15) is 0 Å². The third-order valence-electron chi connectivity index (χ3n) is 2.42. The van der Waals surface area contributed by atoms with E-state index >= 15 is 0 Å². The second-order valence-electron chi connectivity index (χ2n) is 3.68. The standard InChI is InChI=1S/C12H13Cl2N3/c13-10-3-1-4-11(12(10)14)16-5-2-7-17-8-6-15-9-17/h1,3-4,6,8-9,16H,2,5,7H2. The first-order valence-electron chi connectivity index (χ1n) is 5.41. The van der Waals surface area contributed by atoms with E-state index in [1.165, 1.54) is 0 Å². The van der Waals surface area contributed by atoms with E-state index in [4.69, 9.17) is 23.2 Å². The molecule has 1 N–H and O–H groups in total. The average Bonchev–Trinajstić information content (AvgIpc) is 2.83. The summed E-state index contributed by atoms with van der Waals surface area (Å²) in [6.45, 7) is 1.78. The van der Waals surface area contributed by atoms with Gasteiger partial charge < -0.3 is 9.88 Å². The molecule has 0 saturated heterocycles. The quantitative estimate of drug-likeness (QED) is 0.840. The number of hydrogen-bond acceptors (Lipinski definition) is 2. The molecule has 0 amide bonds. The first-order valence-corrected chi connectivity index (χ1v) is 6.16. The monoisotopic (exact) mass is 269 g/mol. The third-order valence-corrected chi connectivity index (χ3v) is 3.24. The topological polar surface area (TPSA) is 29.9 Å². The molecular weight excluding hydrogens is 257 g/mol. The number of hydrogen-bond donors (Lipinski definition) is 1. The number of anilines is 1. The Bertz CT molecular complexity index is 469. The van der Waals surface area contributed by atoms with E-state index in [-0.39, 0.29) is 0 Å². The van der Waals surface area contributed by atoms with Gasteiger partial charge in [0.15, 0.2) is 0 Å². The van der Waals surface area contributed by atoms with Crippen LogP contribution in [0.2, 0.25) is 10.0 Å². The van der Waals surface area contributed by atoms with Crippen LogP contribution in [0.15, 0.2) is 36.9 Å². The fourth-order valence-corrected chi connectivity index (χ4v) is 1.91. The largest absolute Gasteiger partial charge is 0.384 e. The highest BCUT2D eigenvalue weighted by atomic mass is 35.5. The Morgan fingerprint density at radius 2 is 2.18 bits per heavy atom. The van der Waals surface area contributed by atoms with E-state index in [0.29, 0.717) is 10.0 Å². The molecule has 0 bridgehead atoms. The molecule has 0 radical (unpaired) electrons. The Balaban J connectivity index is 1.80. The maximum absolute atomic E-state index is 6.06. The van der Waals surface area contributed by atoms with E-state index in [1.807, 2.05) is 29.2 Å². The molecule has 90 valence electrons. The average molecular weight is 270 g/mol. The van der Waals surface area contributed by atoms with Gasteiger partial charge in [-0.3, -0.25) is 0 Å². The zero-order valence-electron chi connectivity index (χ0n) is 9.24. The van der Waals surface area contributed by atoms with Gasteiger partial charge in [-0.15, -0.1) is 0 Å². The van der Waals surface area contributed by atoms with Crippen molar-refractivity contribution in [2.75, 3.05) is 11.9 Å². The molecule has 17 heavy (non-hydrogen) atoms. The highest BCUT2D eigenvalue weighted by Crippen LogP contribution is 2.29. The molecule has 3 nitrogen and oxygen atoms in total. The van der Waals surface area contributed by atoms with E-state index in [1.54, 1.807) is 12.3 Å². The maximum Gasteiger partial charge on any atom is 0.0945 e. The lowest BCUT2D eigenvalue weighted by molar-refractivity contribution is 0.661. The highest BCUT2D eigenvalue weighted by Gasteiger charge is 2.02. The smallest absolute Gasteiger partial charge is 0.0945 e. The highest BCUT2D eigenvalue weighted by molar-refractivity contribution is 6.43. The molecule has 1 aromatic carbocycles. The van der Waals surface area contributed by atoms with Crippen LogP contribution in [0.25, 0.3) is 0 Å². The Kier molecular flexibility index (Phi) is 4.29. The number of nitrogens with zero attached hydrogens (tertiary/aromatic N) is 2. The van der Waals surface area contributed by atoms with Crippen molar-refractivity contribution >= 4 is 28.9 Å². The van der Waals surface area contributed by atoms with Crippen molar-refractivity contribution in [3.8, 4) is 0 Å². The summed E-state index contributed by atoms with van der Waals surface area (Å²) in [6.07, 6.45) is 6.54. The van der Waals surface area contributed by atoms with Crippen molar-refractivity contribution in [2.24, 2.45) is 0 Å². The molecule has 0 fully saturated rings. The molecule has 0 aliphatic heterocycles. The zero-order valence-corrected chi connectivity index (χ0v) is 10.7. The summed E-state index contributed by atoms with van der Waals surface area (Å²) in [5.41, 5.74) is 0.879. The molecule has 0 spiro atoms. The minimum Gasteiger partial charge on any atom is -0.384 e. The lowest BCUT2D eigenvalue weighted by Crippen LogP contribution is -2.06. The van der Waals surface area contributed by atoms with Crippen LogP contribution in [-0.2, 0) is 6.54 Å². The first-order chi connectivity index (χ1) is 8.27. The van der Waals surface area contributed by atoms with Crippen molar-refractivity contribution < 1.29 is 0 Å². The van der Waals surface area contributed by atoms with Crippen molar-refractivity contribution in [1.29, 1.82) is 0 Å². The molecule has 2 rings (SSSR count). The van der Waals surface area contributed by atoms with E-state index in [0.717, 1.165) is 25.2 Å². The van der Waals surface area contributed by atoms with Crippen molar-refractivity contribution in [2.45, 2.75) is 13.0 Å². The summed E-state index contributed by atoms with van der Waals surface area (Å²) in [6, 6.07) is 5.58. The van der Waals surface area contributed by atoms with Crippen LogP contribution in [0.3, 0.4) is 0 Å². The second kappa shape index (κ2) is 5.94. The van der Waals surface area contributed by atoms with Crippen LogP contribution < -0.4 is 5.32 Å². The van der Waals surface area contributed by atoms with E-state index in [9.17, 15) is 0 Å². The SMILES string of the molecule is Clc1cccc(NCCCn2ccnc2)c1Cl. The first kappa shape index (κ1) is 12.3. The minimum atomic E-state index is 0.575. The van der Waals surface area contributed by atoms with Crippen LogP contribution >= 0.6 is 23.2 Å². The van der Waals surface area contributed by atoms with Gasteiger partial charge >= 0.3 is 0 Å². The lowest BCUT2D eigenvalue weighted by atomic mass is 10.3. The van der Waals surface area contributed by atoms with E-state index in [2.05, 4.69) is 10.3 Å². The minimum absolute atomic E-state index is 0.575. The van der Waals surface area contributed by atoms with E-state index < -0.39 is 0 Å². The Morgan fingerprint density at radius 1 is 1.29 bits per heavy atom. The predicted molar refractivity (Wildman–Crippen MR) is 71.8 cm³/mol. The number of rotatable bonds is 5. The van der Waals surface area contributed by atoms with Gasteiger partial charge in [0.1, 0.15) is 0 Å². The number of halogens is 2. The van der Waals surface area contributed by atoms with Gasteiger partial charge in [0.2, 0.25) is 0 Å². The molecular formula is C12H13Cl2N3. The fraction of sp³-hybridized carbons (Fsp3) is 0.250. The summed E-state index contributed by atoms with van der Waals surface area (Å²) >= 11 is 12.0. The Labute approximate surface area is 110 Å². The summed E-state index contributed by atoms with van der Waals surface area (Å²) in [5, 5.41) is 4.42. The number of aromatic nitrogens is 2. The fourth-order valence-electron chi connectivity index (χ4n) is 1.54. The third kappa shape index (κ3) is 3.38. The number of aryl methyl sites for hydroxylation is 1. The van der Waals surface area contributed by atoms with Crippen LogP contribution in [0.1, 0.15) is 6.42 Å². The summed E-state index contributed by atoms with van der Waals surface area (Å²) in [5.74, 6) is 0. The Hall–Kier alpha value is -1.19. The van der Waals surface area contributed by atoms with Crippen LogP contribution in [0.5, 0.6) is 0 Å². The molecule has 0 aliphatic rings. The molecule has 0 aliphatic carbocycles. The predicted octanol–water partition coefficient (Wildman–Crippen LogP) is 3.69. The molecule has 5 heteroatoms. The molecule has 0 atom stereocenters. The second-order valence-corrected chi connectivity index (χ2v) is 4.47. The van der Waals surface area contributed by atoms with Gasteiger partial charge in [-0.25, -0.2) is 4.98 Å². The number of nitrogens with one attached hydrogen (secondary N) is 1. The molecule has 1 heterocycles. The van der Waals surface area contributed by atoms with Gasteiger partial charge in [-0.1, -0.05) is 29.3 Å². The van der Waals surface area contributed by atoms with Gasteiger partial charge in [0, 0.05) is 25.5 Å². The van der Waals surface area contributed by atoms with Gasteiger partial charge in [0.25, 0.3) is 0 Å². The summed E-state index contributed by atoms with van der Waals surface area (Å²) < 4.78 is 2.04. The van der Waals surface area contributed by atoms with Gasteiger partial charge in [0.05, 0.1) is 22.1 Å². The normalized spacial score (nSPS) is 10.5. The summed E-state index contributed by atoms with van der Waals surface area (Å²) in [7, 11) is 0. The molecule has 0 unspecified atom stereocenters. The maximum atomic E-state index is 6.06. The lowest BCUT2D eigenvalue weighted by Gasteiger charge is -2.09. The number of imidazole rings is 1. The molecule has 0 saturated carbocycles. The Morgan fingerprint density at radius 3 is 2.94 bits per heavy atom. The van der Waals surface area contributed by atoms with Crippen molar-refractivity contribution in [1.82, 2.24) is 9.55 Å². The molecule has 2 aromatic rings. The molecule has 1 aromatic heterocycles. The summed E-state index contributed by atoms with van der Waals surface area (Å²) in [4.78, 5) is 3.99. The number of benzene rings is 1. The van der Waals surface area contributed by atoms with Crippen molar-refractivity contribution in [3.63, 3.8) is 0 Å². The van der Waals surface area contributed by atoms with Crippen LogP contribution in [0, 0.1) is 0 Å². The van der Waals surface area contributed by atoms with Crippen LogP contribution in [0.4, 0.5) is 5.69 Å². The van der Waals surface area contributed by atoms with Crippen LogP contribution in [-0.4, -0.2) is 16.1 Å². The van der Waals surface area contributed by atoms with Gasteiger partial charge in [-0.05, 0) is 18.6 Å².